The van der Waals surface area contributed by atoms with E-state index in [1.165, 1.54) is 6.33 Å². The number of carboxylic acids is 1. The van der Waals surface area contributed by atoms with Crippen molar-refractivity contribution in [2.75, 3.05) is 0 Å². The number of aromatic nitrogens is 3. The maximum atomic E-state index is 11.7. The summed E-state index contributed by atoms with van der Waals surface area (Å²) in [4.78, 5) is 15.9. The molecule has 1 aromatic heterocycles. The molecule has 1 aliphatic rings. The third-order valence-electron chi connectivity index (χ3n) is 4.04. The van der Waals surface area contributed by atoms with Gasteiger partial charge in [0.1, 0.15) is 12.2 Å². The van der Waals surface area contributed by atoms with Crippen molar-refractivity contribution < 1.29 is 9.90 Å². The molecule has 0 aliphatic heterocycles. The van der Waals surface area contributed by atoms with E-state index in [-0.39, 0.29) is 0 Å². The topological polar surface area (TPSA) is 68.0 Å². The molecule has 19 heavy (non-hydrogen) atoms. The van der Waals surface area contributed by atoms with E-state index in [0.29, 0.717) is 18.3 Å². The molecule has 5 nitrogen and oxygen atoms in total. The molecular formula is C14H23N3O2. The minimum Gasteiger partial charge on any atom is -0.481 e. The number of carboxylic acid groups (broad SMARTS) is 1. The minimum atomic E-state index is -0.684. The molecule has 1 heterocycles. The van der Waals surface area contributed by atoms with Gasteiger partial charge >= 0.3 is 5.97 Å². The summed E-state index contributed by atoms with van der Waals surface area (Å²) in [6.45, 7) is 7.16. The maximum Gasteiger partial charge on any atom is 0.310 e. The Morgan fingerprint density at radius 1 is 1.63 bits per heavy atom. The molecular weight excluding hydrogens is 242 g/mol. The highest BCUT2D eigenvalue weighted by atomic mass is 16.4. The van der Waals surface area contributed by atoms with E-state index >= 15 is 0 Å². The normalized spacial score (nSPS) is 27.1. The van der Waals surface area contributed by atoms with Gasteiger partial charge in [-0.15, -0.1) is 0 Å². The van der Waals surface area contributed by atoms with E-state index in [0.717, 1.165) is 31.6 Å². The summed E-state index contributed by atoms with van der Waals surface area (Å²) >= 11 is 0. The van der Waals surface area contributed by atoms with E-state index in [2.05, 4.69) is 30.9 Å². The van der Waals surface area contributed by atoms with Crippen LogP contribution in [0.25, 0.3) is 0 Å². The van der Waals surface area contributed by atoms with Crippen LogP contribution in [0.3, 0.4) is 0 Å². The Labute approximate surface area is 114 Å². The number of carbonyl (C=O) groups is 1. The van der Waals surface area contributed by atoms with Gasteiger partial charge < -0.3 is 5.11 Å². The average molecular weight is 265 g/mol. The summed E-state index contributed by atoms with van der Waals surface area (Å²) in [6.07, 6.45) is 4.52. The van der Waals surface area contributed by atoms with Crippen molar-refractivity contribution in [2.45, 2.75) is 53.0 Å². The van der Waals surface area contributed by atoms with Crippen molar-refractivity contribution >= 4 is 5.97 Å². The first-order valence-corrected chi connectivity index (χ1v) is 7.03. The molecule has 0 spiro atoms. The second-order valence-electron chi connectivity index (χ2n) is 6.36. The van der Waals surface area contributed by atoms with Crippen molar-refractivity contribution in [3.05, 3.63) is 12.2 Å². The zero-order valence-electron chi connectivity index (χ0n) is 12.0. The lowest BCUT2D eigenvalue weighted by atomic mass is 9.81. The average Bonchev–Trinajstić information content (AvgIpc) is 2.87. The fraction of sp³-hybridized carbons (Fsp3) is 0.786. The van der Waals surface area contributed by atoms with Crippen LogP contribution in [0.1, 0.15) is 45.9 Å². The first-order chi connectivity index (χ1) is 8.93. The zero-order chi connectivity index (χ0) is 14.0. The molecule has 0 amide bonds. The monoisotopic (exact) mass is 265 g/mol. The van der Waals surface area contributed by atoms with Crippen LogP contribution in [0.5, 0.6) is 0 Å². The summed E-state index contributed by atoms with van der Waals surface area (Å²) in [5.74, 6) is 1.09. The lowest BCUT2D eigenvalue weighted by Gasteiger charge is -2.24. The van der Waals surface area contributed by atoms with Crippen molar-refractivity contribution in [3.8, 4) is 0 Å². The van der Waals surface area contributed by atoms with Gasteiger partial charge in [0.2, 0.25) is 0 Å². The molecule has 1 aromatic rings. The Balaban J connectivity index is 2.19. The Morgan fingerprint density at radius 3 is 2.89 bits per heavy atom. The van der Waals surface area contributed by atoms with Gasteiger partial charge in [0, 0.05) is 13.0 Å². The molecule has 1 N–H and O–H groups in total. The van der Waals surface area contributed by atoms with E-state index in [1.807, 2.05) is 4.68 Å². The molecule has 2 unspecified atom stereocenters. The maximum absolute atomic E-state index is 11.7. The number of rotatable bonds is 5. The highest BCUT2D eigenvalue weighted by Crippen LogP contribution is 2.44. The van der Waals surface area contributed by atoms with E-state index in [4.69, 9.17) is 0 Å². The molecule has 1 aliphatic carbocycles. The molecule has 5 heteroatoms. The number of aliphatic carboxylic acids is 1. The van der Waals surface area contributed by atoms with Crippen molar-refractivity contribution in [1.29, 1.82) is 0 Å². The highest BCUT2D eigenvalue weighted by molar-refractivity contribution is 5.75. The fourth-order valence-electron chi connectivity index (χ4n) is 3.05. The summed E-state index contributed by atoms with van der Waals surface area (Å²) in [5, 5.41) is 13.8. The standard InChI is InChI=1S/C14H23N3O2/c1-10(2)8-17-12(15-9-16-17)7-14(13(18)19)5-4-11(3)6-14/h9-11H,4-8H2,1-3H3,(H,18,19). The molecule has 0 saturated heterocycles. The van der Waals surface area contributed by atoms with Crippen LogP contribution < -0.4 is 0 Å². The lowest BCUT2D eigenvalue weighted by Crippen LogP contribution is -2.32. The van der Waals surface area contributed by atoms with Gasteiger partial charge in [-0.3, -0.25) is 4.79 Å². The molecule has 2 rings (SSSR count). The summed E-state index contributed by atoms with van der Waals surface area (Å²) in [7, 11) is 0. The predicted octanol–water partition coefficient (Wildman–Crippen LogP) is 2.37. The van der Waals surface area contributed by atoms with Crippen LogP contribution in [0.4, 0.5) is 0 Å². The second-order valence-corrected chi connectivity index (χ2v) is 6.36. The van der Waals surface area contributed by atoms with Crippen molar-refractivity contribution in [3.63, 3.8) is 0 Å². The highest BCUT2D eigenvalue weighted by Gasteiger charge is 2.45. The summed E-state index contributed by atoms with van der Waals surface area (Å²) in [6, 6.07) is 0. The van der Waals surface area contributed by atoms with Gasteiger partial charge in [-0.2, -0.15) is 5.10 Å². The Kier molecular flexibility index (Phi) is 3.92. The van der Waals surface area contributed by atoms with Gasteiger partial charge in [0.05, 0.1) is 5.41 Å². The van der Waals surface area contributed by atoms with Gasteiger partial charge in [0.15, 0.2) is 0 Å². The van der Waals surface area contributed by atoms with Crippen molar-refractivity contribution in [1.82, 2.24) is 14.8 Å². The predicted molar refractivity (Wildman–Crippen MR) is 71.6 cm³/mol. The third kappa shape index (κ3) is 2.96. The number of hydrogen-bond donors (Lipinski definition) is 1. The van der Waals surface area contributed by atoms with Gasteiger partial charge in [-0.25, -0.2) is 9.67 Å². The number of nitrogens with zero attached hydrogens (tertiary/aromatic N) is 3. The van der Waals surface area contributed by atoms with Crippen LogP contribution >= 0.6 is 0 Å². The van der Waals surface area contributed by atoms with Crippen LogP contribution in [0.2, 0.25) is 0 Å². The van der Waals surface area contributed by atoms with Gasteiger partial charge in [-0.05, 0) is 31.1 Å². The van der Waals surface area contributed by atoms with Crippen LogP contribution in [0.15, 0.2) is 6.33 Å². The molecule has 106 valence electrons. The van der Waals surface area contributed by atoms with E-state index in [9.17, 15) is 9.90 Å². The molecule has 1 saturated carbocycles. The molecule has 0 radical (unpaired) electrons. The van der Waals surface area contributed by atoms with Gasteiger partial charge in [-0.1, -0.05) is 20.8 Å². The summed E-state index contributed by atoms with van der Waals surface area (Å²) < 4.78 is 1.86. The SMILES string of the molecule is CC(C)Cn1ncnc1CC1(C(=O)O)CCC(C)C1. The summed E-state index contributed by atoms with van der Waals surface area (Å²) in [5.41, 5.74) is -0.638. The van der Waals surface area contributed by atoms with Crippen LogP contribution in [-0.4, -0.2) is 25.8 Å². The number of hydrogen-bond acceptors (Lipinski definition) is 3. The molecule has 0 aromatic carbocycles. The first-order valence-electron chi connectivity index (χ1n) is 7.03. The van der Waals surface area contributed by atoms with E-state index < -0.39 is 11.4 Å². The van der Waals surface area contributed by atoms with Crippen LogP contribution in [0, 0.1) is 17.3 Å². The van der Waals surface area contributed by atoms with E-state index in [1.54, 1.807) is 0 Å². The third-order valence-corrected chi connectivity index (χ3v) is 4.04. The minimum absolute atomic E-state index is 0.476. The zero-order valence-corrected chi connectivity index (χ0v) is 12.0. The van der Waals surface area contributed by atoms with Gasteiger partial charge in [0.25, 0.3) is 0 Å². The smallest absolute Gasteiger partial charge is 0.310 e. The van der Waals surface area contributed by atoms with Crippen LogP contribution in [-0.2, 0) is 17.8 Å². The fourth-order valence-corrected chi connectivity index (χ4v) is 3.05. The molecule has 2 atom stereocenters. The second kappa shape index (κ2) is 5.31. The Bertz CT molecular complexity index is 455. The largest absolute Gasteiger partial charge is 0.481 e. The molecule has 1 fully saturated rings. The Morgan fingerprint density at radius 2 is 2.37 bits per heavy atom. The van der Waals surface area contributed by atoms with Crippen molar-refractivity contribution in [2.24, 2.45) is 17.3 Å². The quantitative estimate of drug-likeness (QED) is 0.887. The Hall–Kier alpha value is -1.39. The molecule has 0 bridgehead atoms. The lowest BCUT2D eigenvalue weighted by molar-refractivity contribution is -0.148. The first kappa shape index (κ1) is 14.0.